The molecule has 104 valence electrons. The maximum absolute atomic E-state index is 11.4. The summed E-state index contributed by atoms with van der Waals surface area (Å²) in [5.41, 5.74) is 1.32. The Morgan fingerprint density at radius 3 is 2.78 bits per heavy atom. The fourth-order valence-electron chi connectivity index (χ4n) is 2.75. The SMILES string of the molecule is CC1=CC(C)CC(C(NCCN(C)C)C(=O)O)C1. The monoisotopic (exact) mass is 254 g/mol. The quantitative estimate of drug-likeness (QED) is 0.707. The van der Waals surface area contributed by atoms with Crippen LogP contribution < -0.4 is 5.32 Å². The zero-order valence-electron chi connectivity index (χ0n) is 11.9. The highest BCUT2D eigenvalue weighted by Gasteiger charge is 2.30. The molecule has 3 atom stereocenters. The largest absolute Gasteiger partial charge is 0.480 e. The van der Waals surface area contributed by atoms with Crippen molar-refractivity contribution in [2.45, 2.75) is 32.7 Å². The van der Waals surface area contributed by atoms with E-state index in [1.165, 1.54) is 5.57 Å². The second-order valence-corrected chi connectivity index (χ2v) is 5.76. The molecule has 3 unspecified atom stereocenters. The fraction of sp³-hybridized carbons (Fsp3) is 0.786. The number of aliphatic carboxylic acids is 1. The first-order valence-electron chi connectivity index (χ1n) is 6.68. The lowest BCUT2D eigenvalue weighted by molar-refractivity contribution is -0.141. The predicted molar refractivity (Wildman–Crippen MR) is 73.6 cm³/mol. The van der Waals surface area contributed by atoms with Crippen molar-refractivity contribution in [1.29, 1.82) is 0 Å². The van der Waals surface area contributed by atoms with E-state index in [9.17, 15) is 9.90 Å². The van der Waals surface area contributed by atoms with E-state index >= 15 is 0 Å². The van der Waals surface area contributed by atoms with Gasteiger partial charge in [0.1, 0.15) is 6.04 Å². The van der Waals surface area contributed by atoms with Crippen LogP contribution in [0.15, 0.2) is 11.6 Å². The summed E-state index contributed by atoms with van der Waals surface area (Å²) in [4.78, 5) is 13.4. The molecule has 0 saturated carbocycles. The Hall–Kier alpha value is -0.870. The summed E-state index contributed by atoms with van der Waals surface area (Å²) in [6.45, 7) is 5.84. The number of likely N-dealkylation sites (N-methyl/N-ethyl adjacent to an activating group) is 1. The van der Waals surface area contributed by atoms with Crippen LogP contribution >= 0.6 is 0 Å². The van der Waals surface area contributed by atoms with Crippen molar-refractivity contribution >= 4 is 5.97 Å². The van der Waals surface area contributed by atoms with Gasteiger partial charge in [0.25, 0.3) is 0 Å². The van der Waals surface area contributed by atoms with E-state index in [2.05, 4.69) is 30.1 Å². The summed E-state index contributed by atoms with van der Waals surface area (Å²) < 4.78 is 0. The molecule has 18 heavy (non-hydrogen) atoms. The number of carbonyl (C=O) groups is 1. The molecule has 0 aromatic carbocycles. The highest BCUT2D eigenvalue weighted by Crippen LogP contribution is 2.30. The molecule has 4 nitrogen and oxygen atoms in total. The Kier molecular flexibility index (Phi) is 5.82. The minimum absolute atomic E-state index is 0.213. The van der Waals surface area contributed by atoms with Gasteiger partial charge in [0, 0.05) is 13.1 Å². The zero-order chi connectivity index (χ0) is 13.7. The van der Waals surface area contributed by atoms with E-state index in [1.54, 1.807) is 0 Å². The molecule has 0 heterocycles. The summed E-state index contributed by atoms with van der Waals surface area (Å²) in [5, 5.41) is 12.6. The molecule has 4 heteroatoms. The summed E-state index contributed by atoms with van der Waals surface area (Å²) in [7, 11) is 3.99. The highest BCUT2D eigenvalue weighted by molar-refractivity contribution is 5.74. The first-order chi connectivity index (χ1) is 8.40. The Morgan fingerprint density at radius 2 is 2.28 bits per heavy atom. The summed E-state index contributed by atoms with van der Waals surface area (Å²) >= 11 is 0. The lowest BCUT2D eigenvalue weighted by Crippen LogP contribution is -2.46. The first kappa shape index (κ1) is 15.2. The Balaban J connectivity index is 2.57. The molecule has 0 saturated heterocycles. The average molecular weight is 254 g/mol. The van der Waals surface area contributed by atoms with Crippen LogP contribution in [0, 0.1) is 11.8 Å². The van der Waals surface area contributed by atoms with E-state index < -0.39 is 12.0 Å². The lowest BCUT2D eigenvalue weighted by Gasteiger charge is -2.31. The minimum Gasteiger partial charge on any atom is -0.480 e. The third-order valence-electron chi connectivity index (χ3n) is 3.49. The van der Waals surface area contributed by atoms with E-state index in [0.717, 1.165) is 25.9 Å². The van der Waals surface area contributed by atoms with Crippen LogP contribution in [0.1, 0.15) is 26.7 Å². The molecular formula is C14H26N2O2. The number of carboxylic acid groups (broad SMARTS) is 1. The summed E-state index contributed by atoms with van der Waals surface area (Å²) in [6.07, 6.45) is 4.12. The molecule has 0 radical (unpaired) electrons. The minimum atomic E-state index is -0.722. The number of hydrogen-bond donors (Lipinski definition) is 2. The van der Waals surface area contributed by atoms with E-state index in [0.29, 0.717) is 5.92 Å². The van der Waals surface area contributed by atoms with Crippen molar-refractivity contribution in [2.75, 3.05) is 27.2 Å². The van der Waals surface area contributed by atoms with Gasteiger partial charge in [-0.05, 0) is 45.7 Å². The van der Waals surface area contributed by atoms with E-state index in [1.807, 2.05) is 14.1 Å². The van der Waals surface area contributed by atoms with E-state index in [4.69, 9.17) is 0 Å². The smallest absolute Gasteiger partial charge is 0.320 e. The number of hydrogen-bond acceptors (Lipinski definition) is 3. The van der Waals surface area contributed by atoms with Gasteiger partial charge in [-0.25, -0.2) is 0 Å². The van der Waals surface area contributed by atoms with Gasteiger partial charge in [-0.1, -0.05) is 18.6 Å². The number of allylic oxidation sites excluding steroid dienone is 2. The molecule has 0 aromatic rings. The standard InChI is InChI=1S/C14H26N2O2/c1-10-7-11(2)9-12(8-10)13(14(17)18)15-5-6-16(3)4/h7,10,12-13,15H,5-6,8-9H2,1-4H3,(H,17,18). The molecular weight excluding hydrogens is 228 g/mol. The molecule has 1 aliphatic carbocycles. The van der Waals surface area contributed by atoms with Crippen LogP contribution in [0.3, 0.4) is 0 Å². The highest BCUT2D eigenvalue weighted by atomic mass is 16.4. The van der Waals surface area contributed by atoms with Crippen molar-refractivity contribution in [1.82, 2.24) is 10.2 Å². The van der Waals surface area contributed by atoms with Crippen molar-refractivity contribution < 1.29 is 9.90 Å². The van der Waals surface area contributed by atoms with Crippen LogP contribution in [0.5, 0.6) is 0 Å². The topological polar surface area (TPSA) is 52.6 Å². The zero-order valence-corrected chi connectivity index (χ0v) is 11.9. The van der Waals surface area contributed by atoms with Crippen molar-refractivity contribution in [3.8, 4) is 0 Å². The van der Waals surface area contributed by atoms with Crippen molar-refractivity contribution in [2.24, 2.45) is 11.8 Å². The maximum Gasteiger partial charge on any atom is 0.320 e. The first-order valence-corrected chi connectivity index (χ1v) is 6.68. The Morgan fingerprint density at radius 1 is 1.61 bits per heavy atom. The van der Waals surface area contributed by atoms with Crippen LogP contribution in [-0.4, -0.2) is 49.2 Å². The van der Waals surface area contributed by atoms with Gasteiger partial charge in [-0.3, -0.25) is 4.79 Å². The number of carboxylic acids is 1. The van der Waals surface area contributed by atoms with Crippen molar-refractivity contribution in [3.63, 3.8) is 0 Å². The molecule has 0 spiro atoms. The molecule has 0 fully saturated rings. The van der Waals surface area contributed by atoms with Gasteiger partial charge in [0.2, 0.25) is 0 Å². The second kappa shape index (κ2) is 6.90. The van der Waals surface area contributed by atoms with Gasteiger partial charge in [0.15, 0.2) is 0 Å². The van der Waals surface area contributed by atoms with Gasteiger partial charge in [0.05, 0.1) is 0 Å². The third-order valence-corrected chi connectivity index (χ3v) is 3.49. The average Bonchev–Trinajstić information content (AvgIpc) is 2.21. The molecule has 0 amide bonds. The summed E-state index contributed by atoms with van der Waals surface area (Å²) in [5.74, 6) is -0.0217. The molecule has 0 aromatic heterocycles. The molecule has 1 aliphatic rings. The Bertz CT molecular complexity index is 313. The van der Waals surface area contributed by atoms with E-state index in [-0.39, 0.29) is 5.92 Å². The number of nitrogens with one attached hydrogen (secondary N) is 1. The lowest BCUT2D eigenvalue weighted by atomic mass is 9.79. The normalized spacial score (nSPS) is 25.9. The van der Waals surface area contributed by atoms with Crippen molar-refractivity contribution in [3.05, 3.63) is 11.6 Å². The third kappa shape index (κ3) is 4.78. The molecule has 1 rings (SSSR count). The molecule has 2 N–H and O–H groups in total. The van der Waals surface area contributed by atoms with Crippen LogP contribution in [0.4, 0.5) is 0 Å². The maximum atomic E-state index is 11.4. The second-order valence-electron chi connectivity index (χ2n) is 5.76. The summed E-state index contributed by atoms with van der Waals surface area (Å²) in [6, 6.07) is -0.420. The van der Waals surface area contributed by atoms with Gasteiger partial charge >= 0.3 is 5.97 Å². The molecule has 0 bridgehead atoms. The van der Waals surface area contributed by atoms with Gasteiger partial charge < -0.3 is 15.3 Å². The fourth-order valence-corrected chi connectivity index (χ4v) is 2.75. The van der Waals surface area contributed by atoms with Gasteiger partial charge in [-0.2, -0.15) is 0 Å². The number of rotatable bonds is 6. The molecule has 0 aliphatic heterocycles. The number of nitrogens with zero attached hydrogens (tertiary/aromatic N) is 1. The van der Waals surface area contributed by atoms with Crippen LogP contribution in [0.25, 0.3) is 0 Å². The van der Waals surface area contributed by atoms with Gasteiger partial charge in [-0.15, -0.1) is 0 Å². The van der Waals surface area contributed by atoms with Crippen LogP contribution in [-0.2, 0) is 4.79 Å². The Labute approximate surface area is 110 Å². The predicted octanol–water partition coefficient (Wildman–Crippen LogP) is 1.58. The van der Waals surface area contributed by atoms with Crippen LogP contribution in [0.2, 0.25) is 0 Å².